The molecule has 0 saturated carbocycles. The first kappa shape index (κ1) is 76.7. The number of hydrogen-bond donors (Lipinski definition) is 9. The first-order valence-electron chi connectivity index (χ1n) is 29.3. The molecule has 1 atom stereocenters. The third kappa shape index (κ3) is 21.7. The summed E-state index contributed by atoms with van der Waals surface area (Å²) >= 11 is 0. The first-order chi connectivity index (χ1) is 41.0. The Morgan fingerprint density at radius 2 is 0.459 bits per heavy atom. The second-order valence-electron chi connectivity index (χ2n) is 18.7. The summed E-state index contributed by atoms with van der Waals surface area (Å²) in [7, 11) is 3.00. The van der Waals surface area contributed by atoms with Crippen molar-refractivity contribution in [3.05, 3.63) is 283 Å². The summed E-state index contributed by atoms with van der Waals surface area (Å²) in [6, 6.07) is 62.1. The van der Waals surface area contributed by atoms with Crippen molar-refractivity contribution in [2.75, 3.05) is 21.3 Å². The highest BCUT2D eigenvalue weighted by Gasteiger charge is 2.25. The Hall–Kier alpha value is -8.34. The van der Waals surface area contributed by atoms with Crippen molar-refractivity contribution in [1.82, 2.24) is 0 Å². The van der Waals surface area contributed by atoms with Crippen LogP contribution in [0.1, 0.15) is 168 Å². The van der Waals surface area contributed by atoms with E-state index in [2.05, 4.69) is 91.0 Å². The molecule has 0 spiro atoms. The van der Waals surface area contributed by atoms with Crippen LogP contribution < -0.4 is 0 Å². The maximum absolute atomic E-state index is 10.5. The average Bonchev–Trinajstić information content (AvgIpc) is 3.72. The molecule has 458 valence electrons. The lowest BCUT2D eigenvalue weighted by Crippen LogP contribution is -2.07. The SMILES string of the molecule is CC.CC.CC.CC.CO.CO.CO.Cc1cc(C(c2cc(C)c(O)c(C)c2)c2ccccc2O)c(C)cc1O.Cc1cc(C(c2cc(C)c(O)c(C)c2)c2ccccc2O)cc(C)c1O.c1ccc(C(c2ccccc2)c2ccccc2)cc1. The van der Waals surface area contributed by atoms with E-state index in [9.17, 15) is 30.6 Å². The van der Waals surface area contributed by atoms with Crippen LogP contribution in [0.5, 0.6) is 34.5 Å². The molecule has 0 radical (unpaired) electrons. The Morgan fingerprint density at radius 3 is 0.741 bits per heavy atom. The van der Waals surface area contributed by atoms with E-state index in [-0.39, 0.29) is 29.1 Å². The van der Waals surface area contributed by atoms with Gasteiger partial charge in [0.1, 0.15) is 34.5 Å². The van der Waals surface area contributed by atoms with E-state index in [0.29, 0.717) is 23.2 Å². The minimum atomic E-state index is -0.202. The van der Waals surface area contributed by atoms with Gasteiger partial charge >= 0.3 is 0 Å². The monoisotopic (exact) mass is 1160 g/mol. The number of aromatic hydroxyl groups is 6. The third-order valence-corrected chi connectivity index (χ3v) is 13.3. The summed E-state index contributed by atoms with van der Waals surface area (Å²) in [6.45, 7) is 31.1. The predicted octanol–water partition coefficient (Wildman–Crippen LogP) is 18.2. The van der Waals surface area contributed by atoms with Crippen LogP contribution in [0.25, 0.3) is 0 Å². The van der Waals surface area contributed by atoms with E-state index in [0.717, 1.165) is 99.2 Å². The summed E-state index contributed by atoms with van der Waals surface area (Å²) in [6.07, 6.45) is 0. The summed E-state index contributed by atoms with van der Waals surface area (Å²) in [4.78, 5) is 0. The van der Waals surface area contributed by atoms with Crippen LogP contribution in [-0.4, -0.2) is 67.3 Å². The fraction of sp³-hybridized carbons (Fsp3) is 0.289. The van der Waals surface area contributed by atoms with E-state index in [1.165, 1.54) is 16.7 Å². The van der Waals surface area contributed by atoms with Gasteiger partial charge in [0, 0.05) is 50.2 Å². The number of phenolic OH excluding ortho intramolecular Hbond substituents is 6. The van der Waals surface area contributed by atoms with Crippen molar-refractivity contribution >= 4 is 0 Å². The van der Waals surface area contributed by atoms with Gasteiger partial charge in [0.2, 0.25) is 0 Å². The van der Waals surface area contributed by atoms with Crippen LogP contribution in [-0.2, 0) is 0 Å². The molecule has 0 aromatic heterocycles. The summed E-state index contributed by atoms with van der Waals surface area (Å²) in [5, 5.41) is 82.5. The Balaban J connectivity index is 0.00000114. The van der Waals surface area contributed by atoms with Crippen molar-refractivity contribution in [3.8, 4) is 34.5 Å². The van der Waals surface area contributed by atoms with E-state index < -0.39 is 0 Å². The van der Waals surface area contributed by atoms with Gasteiger partial charge in [-0.15, -0.1) is 0 Å². The summed E-state index contributed by atoms with van der Waals surface area (Å²) < 4.78 is 0. The van der Waals surface area contributed by atoms with Gasteiger partial charge in [0.05, 0.1) is 0 Å². The maximum atomic E-state index is 10.5. The van der Waals surface area contributed by atoms with Gasteiger partial charge in [-0.05, 0) is 157 Å². The molecule has 0 bridgehead atoms. The fourth-order valence-corrected chi connectivity index (χ4v) is 9.66. The van der Waals surface area contributed by atoms with Crippen molar-refractivity contribution < 1.29 is 46.0 Å². The van der Waals surface area contributed by atoms with Crippen molar-refractivity contribution in [3.63, 3.8) is 0 Å². The second-order valence-corrected chi connectivity index (χ2v) is 18.7. The van der Waals surface area contributed by atoms with E-state index in [1.54, 1.807) is 30.3 Å². The number of hydrogen-bond acceptors (Lipinski definition) is 9. The van der Waals surface area contributed by atoms with Gasteiger partial charge in [0.15, 0.2) is 0 Å². The number of benzene rings is 9. The Kier molecular flexibility index (Phi) is 37.5. The molecule has 0 amide bonds. The molecule has 9 N–H and O–H groups in total. The van der Waals surface area contributed by atoms with Crippen LogP contribution in [0.2, 0.25) is 0 Å². The molecular weight excluding hydrogens is 1060 g/mol. The van der Waals surface area contributed by atoms with Gasteiger partial charge in [-0.1, -0.05) is 225 Å². The Morgan fingerprint density at radius 1 is 0.212 bits per heavy atom. The predicted molar refractivity (Wildman–Crippen MR) is 359 cm³/mol. The number of rotatable bonds is 9. The van der Waals surface area contributed by atoms with Gasteiger partial charge in [0.25, 0.3) is 0 Å². The van der Waals surface area contributed by atoms with Gasteiger partial charge < -0.3 is 46.0 Å². The molecule has 9 aromatic rings. The largest absolute Gasteiger partial charge is 0.508 e. The normalized spacial score (nSPS) is 9.98. The molecular formula is C76H100O9. The molecule has 0 aliphatic carbocycles. The zero-order chi connectivity index (χ0) is 64.9. The van der Waals surface area contributed by atoms with Gasteiger partial charge in [-0.3, -0.25) is 0 Å². The lowest BCUT2D eigenvalue weighted by Gasteiger charge is -2.24. The number of aliphatic hydroxyl groups excluding tert-OH is 3. The number of para-hydroxylation sites is 2. The average molecular weight is 1160 g/mol. The van der Waals surface area contributed by atoms with Crippen molar-refractivity contribution in [2.45, 2.75) is 129 Å². The standard InChI is InChI=1S/2C23H24O3.C19H16.4C2H6.3CH4O/c1-13-12-21(25)14(2)11-19(13)22(18-7-5-6-8-20(18)24)17-9-15(3)23(26)16(4)10-17;1-13-9-17(10-14(2)22(13)25)21(19-7-5-6-8-20(19)24)18-11-15(3)23(26)16(4)12-18;1-4-10-16(11-5-1)19(17-12-6-2-7-13-17)18-14-8-3-9-15-18;7*1-2/h5-12,22,24-26H,1-4H3;5-12,21,24-26H,1-4H3;1-15,19H;4*1-2H3;3*2H,1H3. The van der Waals surface area contributed by atoms with E-state index in [4.69, 9.17) is 15.3 Å². The van der Waals surface area contributed by atoms with Crippen molar-refractivity contribution in [2.24, 2.45) is 0 Å². The van der Waals surface area contributed by atoms with Crippen LogP contribution in [0, 0.1) is 55.4 Å². The quantitative estimate of drug-likeness (QED) is 0.0635. The Labute approximate surface area is 510 Å². The van der Waals surface area contributed by atoms with Crippen LogP contribution >= 0.6 is 0 Å². The highest BCUT2D eigenvalue weighted by Crippen LogP contribution is 2.43. The molecule has 1 unspecified atom stereocenters. The van der Waals surface area contributed by atoms with E-state index in [1.807, 2.05) is 178 Å². The summed E-state index contributed by atoms with van der Waals surface area (Å²) in [5.41, 5.74) is 16.1. The number of aryl methyl sites for hydroxylation is 8. The lowest BCUT2D eigenvalue weighted by atomic mass is 9.81. The number of aliphatic hydroxyl groups is 3. The maximum Gasteiger partial charge on any atom is 0.121 e. The van der Waals surface area contributed by atoms with Crippen LogP contribution in [0.15, 0.2) is 188 Å². The fourth-order valence-electron chi connectivity index (χ4n) is 9.66. The van der Waals surface area contributed by atoms with Crippen molar-refractivity contribution in [1.29, 1.82) is 0 Å². The third-order valence-electron chi connectivity index (χ3n) is 13.3. The number of phenols is 6. The molecule has 9 rings (SSSR count). The zero-order valence-electron chi connectivity index (χ0n) is 54.2. The minimum absolute atomic E-state index is 0.200. The Bertz CT molecular complexity index is 3040. The molecule has 85 heavy (non-hydrogen) atoms. The molecule has 9 aromatic carbocycles. The highest BCUT2D eigenvalue weighted by molar-refractivity contribution is 5.58. The zero-order valence-corrected chi connectivity index (χ0v) is 54.2. The van der Waals surface area contributed by atoms with Crippen LogP contribution in [0.3, 0.4) is 0 Å². The first-order valence-corrected chi connectivity index (χ1v) is 29.3. The lowest BCUT2D eigenvalue weighted by molar-refractivity contribution is 0.399. The van der Waals surface area contributed by atoms with Gasteiger partial charge in [-0.2, -0.15) is 0 Å². The second kappa shape index (κ2) is 41.6. The topological polar surface area (TPSA) is 182 Å². The molecule has 9 nitrogen and oxygen atoms in total. The molecule has 0 saturated heterocycles. The summed E-state index contributed by atoms with van der Waals surface area (Å²) in [5.74, 6) is 1.51. The molecule has 0 aliphatic rings. The molecule has 9 heteroatoms. The van der Waals surface area contributed by atoms with E-state index >= 15 is 0 Å². The smallest absolute Gasteiger partial charge is 0.121 e. The molecule has 0 fully saturated rings. The highest BCUT2D eigenvalue weighted by atomic mass is 16.3. The molecule has 0 heterocycles. The minimum Gasteiger partial charge on any atom is -0.508 e. The van der Waals surface area contributed by atoms with Gasteiger partial charge in [-0.25, -0.2) is 0 Å². The molecule has 0 aliphatic heterocycles. The van der Waals surface area contributed by atoms with Crippen LogP contribution in [0.4, 0.5) is 0 Å².